The van der Waals surface area contributed by atoms with Crippen LogP contribution in [-0.2, 0) is 4.79 Å². The molecule has 100 valence electrons. The van der Waals surface area contributed by atoms with Crippen LogP contribution in [0.2, 0.25) is 0 Å². The lowest BCUT2D eigenvalue weighted by Crippen LogP contribution is -2.48. The molecule has 0 bridgehead atoms. The number of amides is 1. The van der Waals surface area contributed by atoms with Crippen molar-refractivity contribution in [2.75, 3.05) is 6.54 Å². The number of hydrogen-bond acceptors (Lipinski definition) is 3. The molecular weight excluding hydrogens is 234 g/mol. The third kappa shape index (κ3) is 2.88. The van der Waals surface area contributed by atoms with Gasteiger partial charge in [0.05, 0.1) is 11.3 Å². The summed E-state index contributed by atoms with van der Waals surface area (Å²) in [6, 6.07) is 0. The van der Waals surface area contributed by atoms with E-state index in [4.69, 9.17) is 5.11 Å². The number of carboxylic acids is 1. The lowest BCUT2D eigenvalue weighted by molar-refractivity contribution is -0.138. The first-order valence-electron chi connectivity index (χ1n) is 5.70. The van der Waals surface area contributed by atoms with Crippen LogP contribution in [0.25, 0.3) is 0 Å². The van der Waals surface area contributed by atoms with E-state index in [1.807, 2.05) is 0 Å². The minimum atomic E-state index is -1.03. The summed E-state index contributed by atoms with van der Waals surface area (Å²) >= 11 is 0. The Morgan fingerprint density at radius 2 is 1.89 bits per heavy atom. The number of carbonyl (C=O) groups is 2. The Morgan fingerprint density at radius 1 is 1.33 bits per heavy atom. The van der Waals surface area contributed by atoms with Crippen LogP contribution in [0.1, 0.15) is 42.5 Å². The van der Waals surface area contributed by atoms with Crippen molar-refractivity contribution in [1.29, 1.82) is 0 Å². The van der Waals surface area contributed by atoms with Crippen molar-refractivity contribution in [3.63, 3.8) is 0 Å². The number of hydrogen-bond donors (Lipinski definition) is 2. The first kappa shape index (κ1) is 14.2. The highest BCUT2D eigenvalue weighted by atomic mass is 16.4. The summed E-state index contributed by atoms with van der Waals surface area (Å²) in [5.41, 5.74) is 1.12. The van der Waals surface area contributed by atoms with Crippen LogP contribution in [0, 0.1) is 13.8 Å². The molecule has 6 nitrogen and oxygen atoms in total. The standard InChI is InChI=1S/C12H19N3O3/c1-7-10(8(2)14-13-7)11(18)15(6-9(16)17)12(3,4)5/h6H2,1-5H3,(H,13,14)(H,16,17). The van der Waals surface area contributed by atoms with Crippen LogP contribution in [0.4, 0.5) is 0 Å². The van der Waals surface area contributed by atoms with Gasteiger partial charge in [-0.1, -0.05) is 0 Å². The molecule has 0 fully saturated rings. The topological polar surface area (TPSA) is 86.3 Å². The Hall–Kier alpha value is -1.85. The maximum atomic E-state index is 12.4. The second kappa shape index (κ2) is 4.80. The quantitative estimate of drug-likeness (QED) is 0.851. The summed E-state index contributed by atoms with van der Waals surface area (Å²) < 4.78 is 0. The van der Waals surface area contributed by atoms with E-state index in [1.165, 1.54) is 4.90 Å². The number of aliphatic carboxylic acids is 1. The molecule has 0 aromatic carbocycles. The Labute approximate surface area is 106 Å². The number of aromatic amines is 1. The molecule has 0 aliphatic heterocycles. The van der Waals surface area contributed by atoms with Crippen molar-refractivity contribution < 1.29 is 14.7 Å². The lowest BCUT2D eigenvalue weighted by atomic mass is 10.0. The van der Waals surface area contributed by atoms with Crippen molar-refractivity contribution in [3.05, 3.63) is 17.0 Å². The highest BCUT2D eigenvalue weighted by Gasteiger charge is 2.31. The van der Waals surface area contributed by atoms with E-state index in [0.29, 0.717) is 17.0 Å². The van der Waals surface area contributed by atoms with Gasteiger partial charge in [0.15, 0.2) is 0 Å². The predicted molar refractivity (Wildman–Crippen MR) is 66.5 cm³/mol. The minimum Gasteiger partial charge on any atom is -0.480 e. The first-order valence-corrected chi connectivity index (χ1v) is 5.70. The normalized spacial score (nSPS) is 11.4. The maximum Gasteiger partial charge on any atom is 0.323 e. The zero-order valence-corrected chi connectivity index (χ0v) is 11.4. The fourth-order valence-electron chi connectivity index (χ4n) is 1.75. The molecule has 0 atom stereocenters. The molecule has 0 saturated heterocycles. The van der Waals surface area contributed by atoms with Crippen LogP contribution in [0.3, 0.4) is 0 Å². The van der Waals surface area contributed by atoms with Crippen molar-refractivity contribution in [2.24, 2.45) is 0 Å². The monoisotopic (exact) mass is 253 g/mol. The molecule has 2 N–H and O–H groups in total. The molecule has 0 aliphatic carbocycles. The van der Waals surface area contributed by atoms with Crippen molar-refractivity contribution in [1.82, 2.24) is 15.1 Å². The summed E-state index contributed by atoms with van der Waals surface area (Å²) in [4.78, 5) is 24.6. The van der Waals surface area contributed by atoms with Gasteiger partial charge < -0.3 is 10.0 Å². The van der Waals surface area contributed by atoms with Crippen LogP contribution >= 0.6 is 0 Å². The number of carboxylic acid groups (broad SMARTS) is 1. The molecule has 6 heteroatoms. The molecule has 0 saturated carbocycles. The van der Waals surface area contributed by atoms with Crippen LogP contribution in [0.15, 0.2) is 0 Å². The Kier molecular flexibility index (Phi) is 3.79. The molecule has 1 heterocycles. The smallest absolute Gasteiger partial charge is 0.323 e. The Morgan fingerprint density at radius 3 is 2.22 bits per heavy atom. The number of nitrogens with one attached hydrogen (secondary N) is 1. The second-order valence-electron chi connectivity index (χ2n) is 5.26. The fourth-order valence-corrected chi connectivity index (χ4v) is 1.75. The largest absolute Gasteiger partial charge is 0.480 e. The number of nitrogens with zero attached hydrogens (tertiary/aromatic N) is 2. The zero-order chi connectivity index (χ0) is 14.1. The van der Waals surface area contributed by atoms with Gasteiger partial charge in [-0.3, -0.25) is 14.7 Å². The van der Waals surface area contributed by atoms with E-state index in [-0.39, 0.29) is 12.5 Å². The third-order valence-corrected chi connectivity index (χ3v) is 2.69. The summed E-state index contributed by atoms with van der Waals surface area (Å²) in [6.07, 6.45) is 0. The lowest BCUT2D eigenvalue weighted by Gasteiger charge is -2.34. The van der Waals surface area contributed by atoms with Gasteiger partial charge in [0, 0.05) is 11.2 Å². The number of H-pyrrole nitrogens is 1. The molecule has 0 aliphatic rings. The molecule has 1 amide bonds. The van der Waals surface area contributed by atoms with E-state index in [9.17, 15) is 9.59 Å². The molecular formula is C12H19N3O3. The molecule has 18 heavy (non-hydrogen) atoms. The minimum absolute atomic E-state index is 0.311. The highest BCUT2D eigenvalue weighted by molar-refractivity contribution is 5.98. The van der Waals surface area contributed by atoms with Gasteiger partial charge in [0.25, 0.3) is 5.91 Å². The number of carbonyl (C=O) groups excluding carboxylic acids is 1. The molecule has 0 unspecified atom stereocenters. The molecule has 0 radical (unpaired) electrons. The van der Waals surface area contributed by atoms with Gasteiger partial charge in [-0.05, 0) is 34.6 Å². The van der Waals surface area contributed by atoms with E-state index in [0.717, 1.165) is 0 Å². The first-order chi connectivity index (χ1) is 8.14. The van der Waals surface area contributed by atoms with E-state index >= 15 is 0 Å². The van der Waals surface area contributed by atoms with Crippen molar-refractivity contribution >= 4 is 11.9 Å². The summed E-state index contributed by atoms with van der Waals surface area (Å²) in [6.45, 7) is 8.55. The third-order valence-electron chi connectivity index (χ3n) is 2.69. The van der Waals surface area contributed by atoms with Crippen LogP contribution in [0.5, 0.6) is 0 Å². The van der Waals surface area contributed by atoms with Gasteiger partial charge in [-0.2, -0.15) is 5.10 Å². The maximum absolute atomic E-state index is 12.4. The second-order valence-corrected chi connectivity index (χ2v) is 5.26. The van der Waals surface area contributed by atoms with Gasteiger partial charge in [-0.15, -0.1) is 0 Å². The van der Waals surface area contributed by atoms with E-state index in [2.05, 4.69) is 10.2 Å². The van der Waals surface area contributed by atoms with Crippen LogP contribution < -0.4 is 0 Å². The summed E-state index contributed by atoms with van der Waals surface area (Å²) in [5, 5.41) is 15.6. The molecule has 1 aromatic rings. The predicted octanol–water partition coefficient (Wildman–Crippen LogP) is 1.35. The molecule has 1 rings (SSSR count). The van der Waals surface area contributed by atoms with E-state index in [1.54, 1.807) is 34.6 Å². The molecule has 0 spiro atoms. The van der Waals surface area contributed by atoms with Crippen LogP contribution in [-0.4, -0.2) is 44.2 Å². The fraction of sp³-hybridized carbons (Fsp3) is 0.583. The average molecular weight is 253 g/mol. The molecule has 1 aromatic heterocycles. The SMILES string of the molecule is Cc1n[nH]c(C)c1C(=O)N(CC(=O)O)C(C)(C)C. The Balaban J connectivity index is 3.15. The highest BCUT2D eigenvalue weighted by Crippen LogP contribution is 2.20. The summed E-state index contributed by atoms with van der Waals surface area (Å²) in [7, 11) is 0. The average Bonchev–Trinajstić information content (AvgIpc) is 2.52. The van der Waals surface area contributed by atoms with Crippen molar-refractivity contribution in [3.8, 4) is 0 Å². The number of aryl methyl sites for hydroxylation is 2. The van der Waals surface area contributed by atoms with Gasteiger partial charge in [-0.25, -0.2) is 0 Å². The zero-order valence-electron chi connectivity index (χ0n) is 11.4. The van der Waals surface area contributed by atoms with Gasteiger partial charge in [0.1, 0.15) is 6.54 Å². The summed E-state index contributed by atoms with van der Waals surface area (Å²) in [5.74, 6) is -1.34. The Bertz CT molecular complexity index is 452. The van der Waals surface area contributed by atoms with E-state index < -0.39 is 11.5 Å². The van der Waals surface area contributed by atoms with Crippen molar-refractivity contribution in [2.45, 2.75) is 40.2 Å². The number of rotatable bonds is 3. The van der Waals surface area contributed by atoms with Gasteiger partial charge in [0.2, 0.25) is 0 Å². The number of aromatic nitrogens is 2. The van der Waals surface area contributed by atoms with Gasteiger partial charge >= 0.3 is 5.97 Å².